The van der Waals surface area contributed by atoms with Crippen LogP contribution in [0.2, 0.25) is 0 Å². The highest BCUT2D eigenvalue weighted by molar-refractivity contribution is 14.0. The van der Waals surface area contributed by atoms with Crippen molar-refractivity contribution in [3.63, 3.8) is 0 Å². The van der Waals surface area contributed by atoms with Crippen molar-refractivity contribution in [2.45, 2.75) is 38.8 Å². The van der Waals surface area contributed by atoms with E-state index in [4.69, 9.17) is 14.5 Å². The van der Waals surface area contributed by atoms with E-state index in [1.165, 1.54) is 17.7 Å². The maximum absolute atomic E-state index is 5.39. The van der Waals surface area contributed by atoms with Gasteiger partial charge in [-0.1, -0.05) is 0 Å². The molecule has 1 aromatic carbocycles. The Kier molecular flexibility index (Phi) is 13.5. The smallest absolute Gasteiger partial charge is 0.191 e. The van der Waals surface area contributed by atoms with Gasteiger partial charge in [0, 0.05) is 44.8 Å². The van der Waals surface area contributed by atoms with Crippen LogP contribution >= 0.6 is 35.7 Å². The number of hydrogen-bond donors (Lipinski definition) is 2. The first-order valence-corrected chi connectivity index (χ1v) is 11.6. The molecule has 1 aliphatic heterocycles. The van der Waals surface area contributed by atoms with E-state index in [9.17, 15) is 0 Å². The summed E-state index contributed by atoms with van der Waals surface area (Å²) in [7, 11) is 3.38. The number of methoxy groups -OCH3 is 2. The Morgan fingerprint density at radius 2 is 1.93 bits per heavy atom. The second kappa shape index (κ2) is 15.0. The number of ether oxygens (including phenoxy) is 2. The number of benzene rings is 1. The van der Waals surface area contributed by atoms with Gasteiger partial charge in [-0.05, 0) is 55.9 Å². The number of unbranched alkanes of at least 4 members (excludes halogenated alkanes) is 1. The number of rotatable bonds is 11. The van der Waals surface area contributed by atoms with Gasteiger partial charge in [0.05, 0.1) is 14.2 Å². The summed E-state index contributed by atoms with van der Waals surface area (Å²) in [5.74, 6) is 3.84. The van der Waals surface area contributed by atoms with E-state index in [-0.39, 0.29) is 24.0 Å². The van der Waals surface area contributed by atoms with Gasteiger partial charge in [0.15, 0.2) is 5.96 Å². The summed E-state index contributed by atoms with van der Waals surface area (Å²) in [4.78, 5) is 7.20. The molecule has 6 nitrogen and oxygen atoms in total. The lowest BCUT2D eigenvalue weighted by Gasteiger charge is -2.19. The first kappa shape index (κ1) is 26.2. The van der Waals surface area contributed by atoms with Crippen molar-refractivity contribution in [3.8, 4) is 11.5 Å². The number of hydrogen-bond acceptors (Lipinski definition) is 5. The maximum atomic E-state index is 5.39. The van der Waals surface area contributed by atoms with Crippen LogP contribution in [0.15, 0.2) is 23.2 Å². The van der Waals surface area contributed by atoms with Crippen molar-refractivity contribution in [2.75, 3.05) is 52.4 Å². The molecule has 29 heavy (non-hydrogen) atoms. The van der Waals surface area contributed by atoms with Crippen LogP contribution in [-0.2, 0) is 6.54 Å². The highest BCUT2D eigenvalue weighted by Gasteiger charge is 2.23. The molecule has 166 valence electrons. The number of nitrogens with zero attached hydrogens (tertiary/aromatic N) is 2. The normalized spacial score (nSPS) is 17.0. The summed E-state index contributed by atoms with van der Waals surface area (Å²) >= 11 is 1.90. The first-order chi connectivity index (χ1) is 13.7. The summed E-state index contributed by atoms with van der Waals surface area (Å²) in [6.07, 6.45) is 5.65. The van der Waals surface area contributed by atoms with Crippen molar-refractivity contribution < 1.29 is 9.47 Å². The van der Waals surface area contributed by atoms with Crippen LogP contribution in [0, 0.1) is 0 Å². The third-order valence-corrected chi connectivity index (χ3v) is 5.50. The fraction of sp³-hybridized carbons (Fsp3) is 0.667. The van der Waals surface area contributed by atoms with Gasteiger partial charge in [-0.2, -0.15) is 11.8 Å². The Labute approximate surface area is 197 Å². The quantitative estimate of drug-likeness (QED) is 0.195. The molecular formula is C21H37IN4O2S. The van der Waals surface area contributed by atoms with Crippen LogP contribution in [0.4, 0.5) is 0 Å². The van der Waals surface area contributed by atoms with Gasteiger partial charge in [0.1, 0.15) is 11.5 Å². The Balaban J connectivity index is 0.00000420. The molecule has 0 amide bonds. The third kappa shape index (κ3) is 9.65. The first-order valence-electron chi connectivity index (χ1n) is 10.2. The lowest BCUT2D eigenvalue weighted by atomic mass is 10.2. The van der Waals surface area contributed by atoms with Crippen LogP contribution < -0.4 is 20.1 Å². The van der Waals surface area contributed by atoms with E-state index < -0.39 is 0 Å². The Morgan fingerprint density at radius 1 is 1.21 bits per heavy atom. The molecular weight excluding hydrogens is 499 g/mol. The Bertz CT molecular complexity index is 596. The monoisotopic (exact) mass is 536 g/mol. The van der Waals surface area contributed by atoms with Crippen molar-refractivity contribution in [1.82, 2.24) is 15.5 Å². The molecule has 1 atom stereocenters. The van der Waals surface area contributed by atoms with Gasteiger partial charge in [-0.25, -0.2) is 0 Å². The van der Waals surface area contributed by atoms with Gasteiger partial charge < -0.3 is 20.1 Å². The zero-order chi connectivity index (χ0) is 20.2. The number of nitrogens with one attached hydrogen (secondary N) is 2. The summed E-state index contributed by atoms with van der Waals surface area (Å²) in [5.41, 5.74) is 1.21. The molecule has 8 heteroatoms. The summed E-state index contributed by atoms with van der Waals surface area (Å²) < 4.78 is 10.8. The molecule has 0 bridgehead atoms. The van der Waals surface area contributed by atoms with E-state index in [0.717, 1.165) is 63.0 Å². The van der Waals surface area contributed by atoms with Crippen LogP contribution in [0.1, 0.15) is 31.7 Å². The number of halogens is 1. The largest absolute Gasteiger partial charge is 0.497 e. The van der Waals surface area contributed by atoms with Gasteiger partial charge in [0.2, 0.25) is 0 Å². The summed E-state index contributed by atoms with van der Waals surface area (Å²) in [6, 6.07) is 6.51. The van der Waals surface area contributed by atoms with Gasteiger partial charge in [-0.15, -0.1) is 24.0 Å². The number of thioether (sulfide) groups is 1. The van der Waals surface area contributed by atoms with Gasteiger partial charge in [0.25, 0.3) is 0 Å². The topological polar surface area (TPSA) is 58.1 Å². The van der Waals surface area contributed by atoms with Crippen LogP contribution in [0.5, 0.6) is 11.5 Å². The zero-order valence-corrected chi connectivity index (χ0v) is 21.3. The number of guanidine groups is 1. The molecule has 0 aromatic heterocycles. The third-order valence-electron chi connectivity index (χ3n) is 4.80. The van der Waals surface area contributed by atoms with E-state index in [2.05, 4.69) is 40.8 Å². The summed E-state index contributed by atoms with van der Waals surface area (Å²) in [5, 5.41) is 6.99. The zero-order valence-electron chi connectivity index (χ0n) is 18.2. The van der Waals surface area contributed by atoms with Crippen molar-refractivity contribution in [1.29, 1.82) is 0 Å². The molecule has 2 N–H and O–H groups in total. The number of aliphatic imine (C=N–C) groups is 1. The van der Waals surface area contributed by atoms with E-state index in [1.54, 1.807) is 14.2 Å². The molecule has 0 radical (unpaired) electrons. The van der Waals surface area contributed by atoms with Crippen molar-refractivity contribution in [3.05, 3.63) is 23.8 Å². The minimum absolute atomic E-state index is 0. The predicted octanol–water partition coefficient (Wildman–Crippen LogP) is 3.59. The van der Waals surface area contributed by atoms with E-state index >= 15 is 0 Å². The predicted molar refractivity (Wildman–Crippen MR) is 135 cm³/mol. The summed E-state index contributed by atoms with van der Waals surface area (Å²) in [6.45, 7) is 6.86. The fourth-order valence-electron chi connectivity index (χ4n) is 3.37. The average Bonchev–Trinajstić information content (AvgIpc) is 3.14. The minimum atomic E-state index is 0. The fourth-order valence-corrected chi connectivity index (χ4v) is 3.87. The highest BCUT2D eigenvalue weighted by Crippen LogP contribution is 2.24. The molecule has 1 unspecified atom stereocenters. The molecule has 2 rings (SSSR count). The maximum Gasteiger partial charge on any atom is 0.191 e. The van der Waals surface area contributed by atoms with Crippen LogP contribution in [-0.4, -0.2) is 69.3 Å². The SMILES string of the molecule is CCNC(=NCCCCSC)NC1CCN(Cc2cc(OC)cc(OC)c2)C1.I. The van der Waals surface area contributed by atoms with Crippen molar-refractivity contribution >= 4 is 41.7 Å². The van der Waals surface area contributed by atoms with E-state index in [1.807, 2.05) is 17.8 Å². The van der Waals surface area contributed by atoms with Gasteiger partial charge >= 0.3 is 0 Å². The standard InChI is InChI=1S/C21H36N4O2S.HI/c1-5-22-21(23-9-6-7-11-28-4)24-18-8-10-25(16-18)15-17-12-19(26-2)14-20(13-17)27-3;/h12-14,18H,5-11,15-16H2,1-4H3,(H2,22,23,24);1H. The average molecular weight is 537 g/mol. The molecule has 1 heterocycles. The van der Waals surface area contributed by atoms with E-state index in [0.29, 0.717) is 6.04 Å². The van der Waals surface area contributed by atoms with Crippen molar-refractivity contribution in [2.24, 2.45) is 4.99 Å². The lowest BCUT2D eigenvalue weighted by molar-refractivity contribution is 0.321. The van der Waals surface area contributed by atoms with Crippen LogP contribution in [0.25, 0.3) is 0 Å². The van der Waals surface area contributed by atoms with Crippen LogP contribution in [0.3, 0.4) is 0 Å². The Hall–Kier alpha value is -0.870. The number of likely N-dealkylation sites (tertiary alicyclic amines) is 1. The van der Waals surface area contributed by atoms with Gasteiger partial charge in [-0.3, -0.25) is 9.89 Å². The Morgan fingerprint density at radius 3 is 2.55 bits per heavy atom. The lowest BCUT2D eigenvalue weighted by Crippen LogP contribution is -2.44. The molecule has 1 fully saturated rings. The molecule has 1 saturated heterocycles. The molecule has 1 aliphatic rings. The highest BCUT2D eigenvalue weighted by atomic mass is 127. The minimum Gasteiger partial charge on any atom is -0.497 e. The molecule has 1 aromatic rings. The molecule has 0 spiro atoms. The molecule has 0 saturated carbocycles. The second-order valence-electron chi connectivity index (χ2n) is 7.05. The molecule has 0 aliphatic carbocycles. The second-order valence-corrected chi connectivity index (χ2v) is 8.03.